The molecule has 8 heteroatoms. The van der Waals surface area contributed by atoms with Gasteiger partial charge in [-0.15, -0.1) is 11.3 Å². The van der Waals surface area contributed by atoms with Gasteiger partial charge in [0.1, 0.15) is 5.82 Å². The minimum absolute atomic E-state index is 0.114. The van der Waals surface area contributed by atoms with Gasteiger partial charge in [-0.05, 0) is 24.3 Å². The Balaban J connectivity index is 2.36. The van der Waals surface area contributed by atoms with Crippen LogP contribution in [0.15, 0.2) is 24.3 Å². The third kappa shape index (κ3) is 3.99. The van der Waals surface area contributed by atoms with E-state index in [0.717, 1.165) is 0 Å². The molecule has 0 saturated heterocycles. The highest BCUT2D eigenvalue weighted by Crippen LogP contribution is 2.37. The van der Waals surface area contributed by atoms with Crippen molar-refractivity contribution in [1.82, 2.24) is 10.3 Å². The summed E-state index contributed by atoms with van der Waals surface area (Å²) in [6.45, 7) is 0.305. The van der Waals surface area contributed by atoms with Gasteiger partial charge in [-0.3, -0.25) is 0 Å². The number of aromatic nitrogens is 1. The Morgan fingerprint density at radius 3 is 2.43 bits per heavy atom. The molecule has 0 atom stereocenters. The van der Waals surface area contributed by atoms with Crippen LogP contribution >= 0.6 is 11.3 Å². The number of rotatable bonds is 5. The largest absolute Gasteiger partial charge is 0.443 e. The Bertz CT molecular complexity index is 595. The van der Waals surface area contributed by atoms with E-state index >= 15 is 0 Å². The second-order valence-corrected chi connectivity index (χ2v) is 5.28. The first kappa shape index (κ1) is 15.9. The highest BCUT2D eigenvalue weighted by atomic mass is 32.1. The molecule has 3 nitrogen and oxygen atoms in total. The molecular weight excluding hydrogens is 308 g/mol. The van der Waals surface area contributed by atoms with Gasteiger partial charge in [0.2, 0.25) is 0 Å². The standard InChI is InChI=1S/C13H12F4N2OS/c14-9-3-1-8(2-4-9)11-10(7-18-5-6-20)21-12(19-11)13(15,16)17/h1-4,18,20H,5-7H2. The maximum Gasteiger partial charge on any atom is 0.443 e. The highest BCUT2D eigenvalue weighted by Gasteiger charge is 2.36. The zero-order chi connectivity index (χ0) is 15.5. The monoisotopic (exact) mass is 320 g/mol. The summed E-state index contributed by atoms with van der Waals surface area (Å²) in [6, 6.07) is 5.12. The maximum absolute atomic E-state index is 12.9. The Labute approximate surface area is 122 Å². The number of alkyl halides is 3. The number of hydrogen-bond acceptors (Lipinski definition) is 4. The smallest absolute Gasteiger partial charge is 0.395 e. The minimum atomic E-state index is -4.52. The summed E-state index contributed by atoms with van der Waals surface area (Å²) >= 11 is 0.542. The van der Waals surface area contributed by atoms with E-state index in [4.69, 9.17) is 5.11 Å². The minimum Gasteiger partial charge on any atom is -0.395 e. The van der Waals surface area contributed by atoms with Gasteiger partial charge in [0.25, 0.3) is 0 Å². The van der Waals surface area contributed by atoms with Crippen LogP contribution in [0, 0.1) is 5.82 Å². The van der Waals surface area contributed by atoms with Crippen molar-refractivity contribution in [3.05, 3.63) is 40.0 Å². The number of aliphatic hydroxyl groups is 1. The van der Waals surface area contributed by atoms with Crippen LogP contribution in [0.5, 0.6) is 0 Å². The van der Waals surface area contributed by atoms with Crippen molar-refractivity contribution in [1.29, 1.82) is 0 Å². The summed E-state index contributed by atoms with van der Waals surface area (Å²) in [5, 5.41) is 10.6. The summed E-state index contributed by atoms with van der Waals surface area (Å²) in [7, 11) is 0. The Hall–Kier alpha value is -1.51. The molecule has 2 aromatic rings. The molecule has 114 valence electrons. The second kappa shape index (κ2) is 6.50. The summed E-state index contributed by atoms with van der Waals surface area (Å²) < 4.78 is 51.2. The van der Waals surface area contributed by atoms with Gasteiger partial charge in [0.15, 0.2) is 5.01 Å². The second-order valence-electron chi connectivity index (χ2n) is 4.20. The van der Waals surface area contributed by atoms with Gasteiger partial charge < -0.3 is 10.4 Å². The SMILES string of the molecule is OCCNCc1sc(C(F)(F)F)nc1-c1ccc(F)cc1. The van der Waals surface area contributed by atoms with Crippen LogP contribution in [-0.4, -0.2) is 23.2 Å². The van der Waals surface area contributed by atoms with E-state index in [0.29, 0.717) is 21.8 Å². The molecule has 1 aromatic heterocycles. The van der Waals surface area contributed by atoms with Gasteiger partial charge in [0.05, 0.1) is 12.3 Å². The summed E-state index contributed by atoms with van der Waals surface area (Å²) in [6.07, 6.45) is -4.52. The van der Waals surface area contributed by atoms with Crippen molar-refractivity contribution in [2.24, 2.45) is 0 Å². The highest BCUT2D eigenvalue weighted by molar-refractivity contribution is 7.12. The molecule has 0 fully saturated rings. The van der Waals surface area contributed by atoms with Crippen molar-refractivity contribution in [3.63, 3.8) is 0 Å². The van der Waals surface area contributed by atoms with E-state index in [-0.39, 0.29) is 25.4 Å². The van der Waals surface area contributed by atoms with Crippen LogP contribution in [0.3, 0.4) is 0 Å². The molecule has 21 heavy (non-hydrogen) atoms. The molecule has 0 amide bonds. The Kier molecular flexibility index (Phi) is 4.92. The zero-order valence-corrected chi connectivity index (χ0v) is 11.6. The first-order chi connectivity index (χ1) is 9.91. The quantitative estimate of drug-likeness (QED) is 0.657. The van der Waals surface area contributed by atoms with Gasteiger partial charge >= 0.3 is 6.18 Å². The molecule has 0 spiro atoms. The number of benzene rings is 1. The summed E-state index contributed by atoms with van der Waals surface area (Å²) in [5.74, 6) is -0.468. The molecule has 2 rings (SSSR count). The van der Waals surface area contributed by atoms with E-state index in [1.807, 2.05) is 0 Å². The van der Waals surface area contributed by atoms with Crippen molar-refractivity contribution in [2.75, 3.05) is 13.2 Å². The number of nitrogens with one attached hydrogen (secondary N) is 1. The van der Waals surface area contributed by atoms with E-state index in [1.165, 1.54) is 24.3 Å². The first-order valence-corrected chi connectivity index (χ1v) is 6.88. The molecular formula is C13H12F4N2OS. The lowest BCUT2D eigenvalue weighted by Crippen LogP contribution is -2.17. The van der Waals surface area contributed by atoms with Crippen molar-refractivity contribution in [3.8, 4) is 11.3 Å². The van der Waals surface area contributed by atoms with Crippen molar-refractivity contribution in [2.45, 2.75) is 12.7 Å². The topological polar surface area (TPSA) is 45.1 Å². The fourth-order valence-electron chi connectivity index (χ4n) is 1.71. The molecule has 0 aliphatic heterocycles. The third-order valence-electron chi connectivity index (χ3n) is 2.63. The van der Waals surface area contributed by atoms with Crippen LogP contribution in [0.25, 0.3) is 11.3 Å². The number of aliphatic hydroxyl groups excluding tert-OH is 1. The number of nitrogens with zero attached hydrogens (tertiary/aromatic N) is 1. The number of hydrogen-bond donors (Lipinski definition) is 2. The lowest BCUT2D eigenvalue weighted by atomic mass is 10.1. The van der Waals surface area contributed by atoms with E-state index in [2.05, 4.69) is 10.3 Å². The molecule has 1 heterocycles. The van der Waals surface area contributed by atoms with Gasteiger partial charge in [-0.25, -0.2) is 9.37 Å². The fourth-order valence-corrected chi connectivity index (χ4v) is 2.63. The van der Waals surface area contributed by atoms with Crippen LogP contribution in [-0.2, 0) is 12.7 Å². The lowest BCUT2D eigenvalue weighted by molar-refractivity contribution is -0.137. The molecule has 0 aliphatic rings. The van der Waals surface area contributed by atoms with Crippen LogP contribution in [0.1, 0.15) is 9.88 Å². The molecule has 0 bridgehead atoms. The molecule has 2 N–H and O–H groups in total. The van der Waals surface area contributed by atoms with E-state index < -0.39 is 17.0 Å². The summed E-state index contributed by atoms with van der Waals surface area (Å²) in [4.78, 5) is 4.02. The first-order valence-electron chi connectivity index (χ1n) is 6.06. The average molecular weight is 320 g/mol. The fraction of sp³-hybridized carbons (Fsp3) is 0.308. The predicted molar refractivity (Wildman–Crippen MR) is 71.3 cm³/mol. The Morgan fingerprint density at radius 1 is 1.19 bits per heavy atom. The van der Waals surface area contributed by atoms with E-state index in [9.17, 15) is 17.6 Å². The maximum atomic E-state index is 12.9. The molecule has 0 aliphatic carbocycles. The third-order valence-corrected chi connectivity index (χ3v) is 3.73. The molecule has 0 radical (unpaired) electrons. The summed E-state index contributed by atoms with van der Waals surface area (Å²) in [5.41, 5.74) is 0.599. The van der Waals surface area contributed by atoms with Crippen LogP contribution < -0.4 is 5.32 Å². The predicted octanol–water partition coefficient (Wildman–Crippen LogP) is 3.05. The van der Waals surface area contributed by atoms with Gasteiger partial charge in [0, 0.05) is 23.5 Å². The normalized spacial score (nSPS) is 11.9. The van der Waals surface area contributed by atoms with Crippen molar-refractivity contribution < 1.29 is 22.7 Å². The van der Waals surface area contributed by atoms with Crippen LogP contribution in [0.4, 0.5) is 17.6 Å². The average Bonchev–Trinajstić information content (AvgIpc) is 2.84. The lowest BCUT2D eigenvalue weighted by Gasteiger charge is -2.03. The number of halogens is 4. The zero-order valence-electron chi connectivity index (χ0n) is 10.7. The van der Waals surface area contributed by atoms with Crippen LogP contribution in [0.2, 0.25) is 0 Å². The van der Waals surface area contributed by atoms with Crippen molar-refractivity contribution >= 4 is 11.3 Å². The molecule has 0 unspecified atom stereocenters. The Morgan fingerprint density at radius 2 is 1.86 bits per heavy atom. The van der Waals surface area contributed by atoms with Gasteiger partial charge in [-0.2, -0.15) is 13.2 Å². The van der Waals surface area contributed by atoms with Gasteiger partial charge in [-0.1, -0.05) is 0 Å². The van der Waals surface area contributed by atoms with E-state index in [1.54, 1.807) is 0 Å². The number of thiazole rings is 1. The molecule has 1 aromatic carbocycles. The molecule has 0 saturated carbocycles.